The number of hydrogen-bond donors (Lipinski definition) is 0. The van der Waals surface area contributed by atoms with Gasteiger partial charge in [0, 0.05) is 0 Å². The van der Waals surface area contributed by atoms with Gasteiger partial charge in [-0.3, -0.25) is 0 Å². The Hall–Kier alpha value is -1.19. The van der Waals surface area contributed by atoms with E-state index < -0.39 is 0 Å². The third-order valence-electron chi connectivity index (χ3n) is 2.15. The minimum atomic E-state index is -0.231. The Bertz CT molecular complexity index is 297. The number of hydrogen-bond acceptors (Lipinski definition) is 3. The fourth-order valence-electron chi connectivity index (χ4n) is 1.28. The van der Waals surface area contributed by atoms with E-state index in [0.29, 0.717) is 13.2 Å². The molecule has 3 heteroatoms. The molecule has 1 aromatic carbocycles. The Kier molecular flexibility index (Phi) is 2.91. The van der Waals surface area contributed by atoms with Gasteiger partial charge in [0.05, 0.1) is 13.2 Å². The Morgan fingerprint density at radius 2 is 2.14 bits per heavy atom. The molecule has 0 bridgehead atoms. The number of benzene rings is 1. The van der Waals surface area contributed by atoms with Crippen LogP contribution in [0.4, 0.5) is 0 Å². The average molecular weight is 192 g/mol. The highest BCUT2D eigenvalue weighted by molar-refractivity contribution is 5.60. The lowest BCUT2D eigenvalue weighted by Crippen LogP contribution is -2.05. The van der Waals surface area contributed by atoms with Gasteiger partial charge in [0.1, 0.15) is 12.2 Å². The largest absolute Gasteiger partial charge is 0.374 e. The summed E-state index contributed by atoms with van der Waals surface area (Å²) in [6.07, 6.45) is 0.568. The van der Waals surface area contributed by atoms with Gasteiger partial charge >= 0.3 is 0 Å². The summed E-state index contributed by atoms with van der Waals surface area (Å²) in [5.41, 5.74) is 1.14. The molecule has 2 atom stereocenters. The van der Waals surface area contributed by atoms with E-state index in [1.54, 1.807) is 0 Å². The average Bonchev–Trinajstić information content (AvgIpc) is 2.98. The number of aldehydes is 1. The monoisotopic (exact) mass is 192 g/mol. The first kappa shape index (κ1) is 9.37. The molecule has 2 rings (SSSR count). The van der Waals surface area contributed by atoms with E-state index in [-0.39, 0.29) is 12.2 Å². The Morgan fingerprint density at radius 3 is 2.79 bits per heavy atom. The third kappa shape index (κ3) is 2.40. The predicted octanol–water partition coefficient (Wildman–Crippen LogP) is 1.17. The van der Waals surface area contributed by atoms with Crippen LogP contribution >= 0.6 is 0 Å². The number of ether oxygens (including phenoxy) is 2. The van der Waals surface area contributed by atoms with Crippen LogP contribution in [0.25, 0.3) is 0 Å². The van der Waals surface area contributed by atoms with Crippen LogP contribution in [-0.2, 0) is 20.9 Å². The molecule has 0 spiro atoms. The van der Waals surface area contributed by atoms with Crippen molar-refractivity contribution in [2.75, 3.05) is 6.61 Å². The first-order chi connectivity index (χ1) is 6.90. The molecule has 14 heavy (non-hydrogen) atoms. The molecule has 0 amide bonds. The van der Waals surface area contributed by atoms with Gasteiger partial charge in [-0.25, -0.2) is 0 Å². The molecular formula is C11H12O3. The number of epoxide rings is 1. The Morgan fingerprint density at radius 1 is 1.36 bits per heavy atom. The topological polar surface area (TPSA) is 38.8 Å². The summed E-state index contributed by atoms with van der Waals surface area (Å²) < 4.78 is 10.4. The van der Waals surface area contributed by atoms with Crippen LogP contribution in [0.2, 0.25) is 0 Å². The summed E-state index contributed by atoms with van der Waals surface area (Å²) in [7, 11) is 0. The van der Waals surface area contributed by atoms with Crippen LogP contribution in [0, 0.1) is 0 Å². The minimum Gasteiger partial charge on any atom is -0.374 e. The summed E-state index contributed by atoms with van der Waals surface area (Å²) >= 11 is 0. The predicted molar refractivity (Wildman–Crippen MR) is 50.8 cm³/mol. The van der Waals surface area contributed by atoms with E-state index in [0.717, 1.165) is 11.8 Å². The molecule has 1 aliphatic rings. The van der Waals surface area contributed by atoms with E-state index in [4.69, 9.17) is 9.47 Å². The van der Waals surface area contributed by atoms with Gasteiger partial charge in [0.25, 0.3) is 0 Å². The summed E-state index contributed by atoms with van der Waals surface area (Å²) in [5, 5.41) is 0. The molecule has 3 nitrogen and oxygen atoms in total. The summed E-state index contributed by atoms with van der Waals surface area (Å²) in [6.45, 7) is 1.07. The second kappa shape index (κ2) is 4.35. The molecule has 0 aliphatic carbocycles. The van der Waals surface area contributed by atoms with Crippen molar-refractivity contribution in [2.45, 2.75) is 18.8 Å². The van der Waals surface area contributed by atoms with E-state index in [2.05, 4.69) is 0 Å². The van der Waals surface area contributed by atoms with Crippen LogP contribution in [0.3, 0.4) is 0 Å². The molecule has 1 heterocycles. The van der Waals surface area contributed by atoms with Gasteiger partial charge < -0.3 is 14.3 Å². The van der Waals surface area contributed by atoms with Gasteiger partial charge in [-0.15, -0.1) is 0 Å². The lowest BCUT2D eigenvalue weighted by atomic mass is 10.2. The highest BCUT2D eigenvalue weighted by Crippen LogP contribution is 2.19. The van der Waals surface area contributed by atoms with Crippen molar-refractivity contribution in [1.82, 2.24) is 0 Å². The summed E-state index contributed by atoms with van der Waals surface area (Å²) in [4.78, 5) is 10.2. The zero-order valence-corrected chi connectivity index (χ0v) is 7.76. The van der Waals surface area contributed by atoms with Crippen molar-refractivity contribution in [2.24, 2.45) is 0 Å². The maximum Gasteiger partial charge on any atom is 0.151 e. The van der Waals surface area contributed by atoms with Crippen molar-refractivity contribution in [1.29, 1.82) is 0 Å². The van der Waals surface area contributed by atoms with Crippen LogP contribution in [0.5, 0.6) is 0 Å². The van der Waals surface area contributed by atoms with Crippen molar-refractivity contribution in [3.63, 3.8) is 0 Å². The normalized spacial score (nSPS) is 24.6. The quantitative estimate of drug-likeness (QED) is 0.519. The molecule has 0 radical (unpaired) electrons. The molecule has 74 valence electrons. The van der Waals surface area contributed by atoms with Crippen LogP contribution in [0.1, 0.15) is 5.56 Å². The van der Waals surface area contributed by atoms with E-state index in [1.807, 2.05) is 30.3 Å². The van der Waals surface area contributed by atoms with Crippen LogP contribution in [0.15, 0.2) is 30.3 Å². The van der Waals surface area contributed by atoms with Crippen LogP contribution < -0.4 is 0 Å². The number of carbonyl (C=O) groups is 1. The lowest BCUT2D eigenvalue weighted by molar-refractivity contribution is -0.108. The molecule has 1 fully saturated rings. The fraction of sp³-hybridized carbons (Fsp3) is 0.364. The first-order valence-electron chi connectivity index (χ1n) is 4.62. The third-order valence-corrected chi connectivity index (χ3v) is 2.15. The second-order valence-electron chi connectivity index (χ2n) is 3.28. The molecular weight excluding hydrogens is 180 g/mol. The van der Waals surface area contributed by atoms with Crippen LogP contribution in [-0.4, -0.2) is 25.1 Å². The van der Waals surface area contributed by atoms with Gasteiger partial charge in [-0.1, -0.05) is 30.3 Å². The fourth-order valence-corrected chi connectivity index (χ4v) is 1.28. The summed E-state index contributed by atoms with van der Waals surface area (Å²) in [5.74, 6) is 0. The van der Waals surface area contributed by atoms with Crippen molar-refractivity contribution in [3.05, 3.63) is 35.9 Å². The van der Waals surface area contributed by atoms with Gasteiger partial charge in [0.2, 0.25) is 0 Å². The molecule has 1 saturated heterocycles. The Balaban J connectivity index is 1.67. The van der Waals surface area contributed by atoms with E-state index in [1.165, 1.54) is 0 Å². The zero-order chi connectivity index (χ0) is 9.80. The molecule has 1 aromatic rings. The Labute approximate surface area is 82.6 Å². The van der Waals surface area contributed by atoms with Crippen molar-refractivity contribution >= 4 is 6.29 Å². The van der Waals surface area contributed by atoms with Crippen molar-refractivity contribution < 1.29 is 14.3 Å². The maximum atomic E-state index is 10.2. The van der Waals surface area contributed by atoms with E-state index >= 15 is 0 Å². The molecule has 0 saturated carbocycles. The zero-order valence-electron chi connectivity index (χ0n) is 7.76. The standard InChI is InChI=1S/C11H12O3/c12-6-10-11(14-10)8-13-7-9-4-2-1-3-5-9/h1-6,10-11H,7-8H2. The smallest absolute Gasteiger partial charge is 0.151 e. The highest BCUT2D eigenvalue weighted by atomic mass is 16.6. The highest BCUT2D eigenvalue weighted by Gasteiger charge is 2.38. The lowest BCUT2D eigenvalue weighted by Gasteiger charge is -2.01. The van der Waals surface area contributed by atoms with E-state index in [9.17, 15) is 4.79 Å². The van der Waals surface area contributed by atoms with Gasteiger partial charge in [-0.05, 0) is 5.56 Å². The number of carbonyl (C=O) groups excluding carboxylic acids is 1. The van der Waals surface area contributed by atoms with Crippen molar-refractivity contribution in [3.8, 4) is 0 Å². The van der Waals surface area contributed by atoms with Gasteiger partial charge in [-0.2, -0.15) is 0 Å². The molecule has 0 aromatic heterocycles. The summed E-state index contributed by atoms with van der Waals surface area (Å²) in [6, 6.07) is 9.92. The number of rotatable bonds is 5. The SMILES string of the molecule is O=CC1OC1COCc1ccccc1. The second-order valence-corrected chi connectivity index (χ2v) is 3.28. The minimum absolute atomic E-state index is 0.0174. The van der Waals surface area contributed by atoms with Gasteiger partial charge in [0.15, 0.2) is 6.29 Å². The molecule has 1 aliphatic heterocycles. The molecule has 2 unspecified atom stereocenters. The first-order valence-corrected chi connectivity index (χ1v) is 4.62. The molecule has 0 N–H and O–H groups in total. The maximum absolute atomic E-state index is 10.2.